The lowest BCUT2D eigenvalue weighted by molar-refractivity contribution is -0.141. The second-order valence-electron chi connectivity index (χ2n) is 11.6. The molecule has 244 valence electrons. The molecule has 0 bridgehead atoms. The van der Waals surface area contributed by atoms with Crippen molar-refractivity contribution in [2.75, 3.05) is 33.4 Å². The van der Waals surface area contributed by atoms with Gasteiger partial charge in [0.2, 0.25) is 5.91 Å². The van der Waals surface area contributed by atoms with Gasteiger partial charge in [-0.25, -0.2) is 4.39 Å². The molecule has 0 unspecified atom stereocenters. The average Bonchev–Trinajstić information content (AvgIpc) is 3.04. The number of aryl methyl sites for hydroxylation is 1. The summed E-state index contributed by atoms with van der Waals surface area (Å²) in [6.45, 7) is 11.6. The van der Waals surface area contributed by atoms with Crippen LogP contribution in [0.25, 0.3) is 11.1 Å². The number of carbonyl (C=O) groups excluding carboxylic acids is 2. The first kappa shape index (κ1) is 34.4. The van der Waals surface area contributed by atoms with Gasteiger partial charge in [-0.3, -0.25) is 19.3 Å². The van der Waals surface area contributed by atoms with Gasteiger partial charge in [0.1, 0.15) is 18.0 Å². The minimum atomic E-state index is -0.889. The van der Waals surface area contributed by atoms with Crippen molar-refractivity contribution in [2.24, 2.45) is 0 Å². The molecule has 0 aliphatic carbocycles. The smallest absolute Gasteiger partial charge is 0.307 e. The van der Waals surface area contributed by atoms with Crippen LogP contribution in [0, 0.1) is 6.92 Å². The number of esters is 1. The fourth-order valence-corrected chi connectivity index (χ4v) is 5.64. The van der Waals surface area contributed by atoms with Crippen molar-refractivity contribution in [3.05, 3.63) is 113 Å². The number of methoxy groups -OCH3 is 1. The van der Waals surface area contributed by atoms with Crippen molar-refractivity contribution in [3.63, 3.8) is 0 Å². The standard InChI is InChI=1S/C37H44FN3O5/c1-5-7-8-20-46-33-15-9-12-26(3)36(33)29-14-10-13-28(21-29)31(22-35(43)45-4)39-37(44)32(11-6-2)41-23-27(16-17-34(41)42)18-19-40-24-30(38)25-40/h5-6,9-10,12-17,21,23,30-32H,1-2,7-8,11,18-20,22,24-25H2,3-4H3,(H,39,44)/t31-,32-/m0/s1. The van der Waals surface area contributed by atoms with E-state index < -0.39 is 30.1 Å². The Morgan fingerprint density at radius 3 is 2.61 bits per heavy atom. The fraction of sp³-hybridized carbons (Fsp3) is 0.378. The summed E-state index contributed by atoms with van der Waals surface area (Å²) in [5, 5.41) is 3.02. The minimum Gasteiger partial charge on any atom is -0.493 e. The van der Waals surface area contributed by atoms with Crippen LogP contribution in [0.1, 0.15) is 54.5 Å². The van der Waals surface area contributed by atoms with Crippen LogP contribution in [-0.2, 0) is 20.7 Å². The molecule has 0 radical (unpaired) electrons. The molecule has 9 heteroatoms. The lowest BCUT2D eigenvalue weighted by atomic mass is 9.94. The van der Waals surface area contributed by atoms with Crippen LogP contribution < -0.4 is 15.6 Å². The lowest BCUT2D eigenvalue weighted by Crippen LogP contribution is -2.49. The zero-order chi connectivity index (χ0) is 33.1. The summed E-state index contributed by atoms with van der Waals surface area (Å²) in [6.07, 6.45) is 6.78. The maximum atomic E-state index is 13.9. The van der Waals surface area contributed by atoms with Crippen molar-refractivity contribution < 1.29 is 23.5 Å². The first-order chi connectivity index (χ1) is 22.2. The summed E-state index contributed by atoms with van der Waals surface area (Å²) in [4.78, 5) is 41.5. The van der Waals surface area contributed by atoms with Gasteiger partial charge in [0, 0.05) is 37.5 Å². The van der Waals surface area contributed by atoms with Gasteiger partial charge >= 0.3 is 5.97 Å². The summed E-state index contributed by atoms with van der Waals surface area (Å²) in [6, 6.07) is 15.1. The predicted molar refractivity (Wildman–Crippen MR) is 179 cm³/mol. The molecular formula is C37H44FN3O5. The second kappa shape index (κ2) is 16.7. The van der Waals surface area contributed by atoms with Crippen molar-refractivity contribution >= 4 is 11.9 Å². The number of unbranched alkanes of at least 4 members (excludes halogenated alkanes) is 1. The molecule has 2 atom stereocenters. The molecule has 0 spiro atoms. The number of hydrogen-bond acceptors (Lipinski definition) is 6. The van der Waals surface area contributed by atoms with E-state index in [4.69, 9.17) is 9.47 Å². The van der Waals surface area contributed by atoms with Crippen molar-refractivity contribution in [1.29, 1.82) is 0 Å². The summed E-state index contributed by atoms with van der Waals surface area (Å²) in [5.41, 5.74) is 4.08. The first-order valence-electron chi connectivity index (χ1n) is 15.7. The van der Waals surface area contributed by atoms with Gasteiger partial charge in [0.25, 0.3) is 5.56 Å². The second-order valence-corrected chi connectivity index (χ2v) is 11.6. The summed E-state index contributed by atoms with van der Waals surface area (Å²) in [7, 11) is 1.31. The van der Waals surface area contributed by atoms with Crippen LogP contribution in [0.5, 0.6) is 5.75 Å². The number of ether oxygens (including phenoxy) is 2. The van der Waals surface area contributed by atoms with Crippen molar-refractivity contribution in [2.45, 2.75) is 57.3 Å². The van der Waals surface area contributed by atoms with Crippen molar-refractivity contribution in [3.8, 4) is 16.9 Å². The third kappa shape index (κ3) is 9.03. The topological polar surface area (TPSA) is 89.9 Å². The number of likely N-dealkylation sites (tertiary alicyclic amines) is 1. The highest BCUT2D eigenvalue weighted by Gasteiger charge is 2.27. The maximum absolute atomic E-state index is 13.9. The largest absolute Gasteiger partial charge is 0.493 e. The molecule has 46 heavy (non-hydrogen) atoms. The molecule has 0 saturated carbocycles. The lowest BCUT2D eigenvalue weighted by Gasteiger charge is -2.34. The molecule has 1 N–H and O–H groups in total. The van der Waals surface area contributed by atoms with Crippen LogP contribution in [0.2, 0.25) is 0 Å². The Morgan fingerprint density at radius 1 is 1.11 bits per heavy atom. The number of allylic oxidation sites excluding steroid dienone is 2. The van der Waals surface area contributed by atoms with E-state index in [0.29, 0.717) is 38.2 Å². The molecule has 3 aromatic rings. The van der Waals surface area contributed by atoms with Gasteiger partial charge in [0.05, 0.1) is 26.2 Å². The number of pyridine rings is 1. The number of carbonyl (C=O) groups is 2. The monoisotopic (exact) mass is 629 g/mol. The third-order valence-corrected chi connectivity index (χ3v) is 8.19. The molecule has 1 saturated heterocycles. The zero-order valence-corrected chi connectivity index (χ0v) is 26.8. The van der Waals surface area contributed by atoms with Gasteiger partial charge in [0.15, 0.2) is 0 Å². The predicted octanol–water partition coefficient (Wildman–Crippen LogP) is 5.90. The molecule has 1 aromatic heterocycles. The molecular weight excluding hydrogens is 585 g/mol. The van der Waals surface area contributed by atoms with Gasteiger partial charge in [-0.2, -0.15) is 0 Å². The third-order valence-electron chi connectivity index (χ3n) is 8.19. The Morgan fingerprint density at radius 2 is 1.89 bits per heavy atom. The molecule has 4 rings (SSSR count). The van der Waals surface area contributed by atoms with Gasteiger partial charge < -0.3 is 19.4 Å². The van der Waals surface area contributed by atoms with E-state index in [0.717, 1.165) is 40.8 Å². The normalized spacial score (nSPS) is 14.5. The number of nitrogens with zero attached hydrogens (tertiary/aromatic N) is 2. The van der Waals surface area contributed by atoms with E-state index >= 15 is 0 Å². The highest BCUT2D eigenvalue weighted by atomic mass is 19.1. The van der Waals surface area contributed by atoms with Crippen LogP contribution in [0.3, 0.4) is 0 Å². The minimum absolute atomic E-state index is 0.106. The molecule has 1 aliphatic heterocycles. The van der Waals surface area contributed by atoms with E-state index in [1.807, 2.05) is 60.4 Å². The quantitative estimate of drug-likeness (QED) is 0.114. The van der Waals surface area contributed by atoms with Gasteiger partial charge in [-0.05, 0) is 67.0 Å². The number of nitrogens with one attached hydrogen (secondary N) is 1. The Balaban J connectivity index is 1.61. The molecule has 2 heterocycles. The molecule has 1 amide bonds. The number of hydrogen-bond donors (Lipinski definition) is 1. The van der Waals surface area contributed by atoms with E-state index in [9.17, 15) is 18.8 Å². The van der Waals surface area contributed by atoms with E-state index in [2.05, 4.69) is 18.5 Å². The number of aromatic nitrogens is 1. The van der Waals surface area contributed by atoms with Crippen LogP contribution >= 0.6 is 0 Å². The molecule has 8 nitrogen and oxygen atoms in total. The van der Waals surface area contributed by atoms with E-state index in [1.165, 1.54) is 17.7 Å². The number of halogens is 1. The van der Waals surface area contributed by atoms with Crippen LogP contribution in [0.4, 0.5) is 4.39 Å². The number of amides is 1. The SMILES string of the molecule is C=CCCCOc1cccc(C)c1-c1cccc([C@H](CC(=O)OC)NC(=O)[C@H](CC=C)n2cc(CCN3CC(F)C3)ccc2=O)c1. The number of alkyl halides is 1. The number of rotatable bonds is 17. The average molecular weight is 630 g/mol. The van der Waals surface area contributed by atoms with Gasteiger partial charge in [-0.15, -0.1) is 13.2 Å². The Hall–Kier alpha value is -4.50. The van der Waals surface area contributed by atoms with E-state index in [1.54, 1.807) is 18.3 Å². The Kier molecular flexibility index (Phi) is 12.5. The summed E-state index contributed by atoms with van der Waals surface area (Å²) in [5.74, 6) is -0.166. The Labute approximate surface area is 270 Å². The zero-order valence-electron chi connectivity index (χ0n) is 26.8. The highest BCUT2D eigenvalue weighted by Crippen LogP contribution is 2.35. The van der Waals surface area contributed by atoms with Crippen LogP contribution in [0.15, 0.2) is 90.9 Å². The Bertz CT molecular complexity index is 1580. The molecule has 1 aliphatic rings. The first-order valence-corrected chi connectivity index (χ1v) is 15.7. The molecule has 1 fully saturated rings. The number of benzene rings is 2. The van der Waals surface area contributed by atoms with Crippen molar-refractivity contribution in [1.82, 2.24) is 14.8 Å². The maximum Gasteiger partial charge on any atom is 0.307 e. The highest BCUT2D eigenvalue weighted by molar-refractivity contribution is 5.82. The summed E-state index contributed by atoms with van der Waals surface area (Å²) >= 11 is 0. The fourth-order valence-electron chi connectivity index (χ4n) is 5.64. The molecule has 2 aromatic carbocycles. The van der Waals surface area contributed by atoms with Crippen LogP contribution in [-0.4, -0.2) is 60.9 Å². The van der Waals surface area contributed by atoms with E-state index in [-0.39, 0.29) is 18.4 Å². The van der Waals surface area contributed by atoms with Gasteiger partial charge in [-0.1, -0.05) is 48.6 Å². The summed E-state index contributed by atoms with van der Waals surface area (Å²) < 4.78 is 25.8.